The summed E-state index contributed by atoms with van der Waals surface area (Å²) in [6, 6.07) is 5.47. The summed E-state index contributed by atoms with van der Waals surface area (Å²) in [5.41, 5.74) is 7.77. The Hall–Kier alpha value is -2.04. The van der Waals surface area contributed by atoms with Gasteiger partial charge in [-0.05, 0) is 55.7 Å². The molecule has 0 spiro atoms. The minimum absolute atomic E-state index is 0.245. The van der Waals surface area contributed by atoms with Crippen molar-refractivity contribution in [3.8, 4) is 5.75 Å². The van der Waals surface area contributed by atoms with Gasteiger partial charge in [-0.1, -0.05) is 12.1 Å². The van der Waals surface area contributed by atoms with Crippen molar-refractivity contribution >= 4 is 12.0 Å². The lowest BCUT2D eigenvalue weighted by Gasteiger charge is -2.30. The molecule has 1 fully saturated rings. The van der Waals surface area contributed by atoms with Gasteiger partial charge in [-0.15, -0.1) is 0 Å². The molecule has 5 heteroatoms. The van der Waals surface area contributed by atoms with Gasteiger partial charge in [0.05, 0.1) is 5.92 Å². The molecule has 0 radical (unpaired) electrons. The Morgan fingerprint density at radius 3 is 2.82 bits per heavy atom. The molecule has 3 rings (SSSR count). The number of likely N-dealkylation sites (tertiary alicyclic amines) is 1. The number of benzene rings is 1. The minimum Gasteiger partial charge on any atom is -0.426 e. The number of hydrogen-bond acceptors (Lipinski definition) is 3. The normalized spacial score (nSPS) is 21.1. The number of carbonyl (C=O) groups excluding carboxylic acids is 2. The predicted molar refractivity (Wildman–Crippen MR) is 82.6 cm³/mol. The van der Waals surface area contributed by atoms with Crippen LogP contribution in [0.4, 0.5) is 4.79 Å². The van der Waals surface area contributed by atoms with Gasteiger partial charge >= 0.3 is 12.0 Å². The third-order valence-electron chi connectivity index (χ3n) is 4.63. The second-order valence-electron chi connectivity index (χ2n) is 6.15. The van der Waals surface area contributed by atoms with Crippen molar-refractivity contribution < 1.29 is 14.3 Å². The van der Waals surface area contributed by atoms with Crippen LogP contribution in [0.1, 0.15) is 36.8 Å². The fraction of sp³-hybridized carbons (Fsp3) is 0.529. The molecule has 0 aromatic heterocycles. The molecule has 1 aromatic rings. The van der Waals surface area contributed by atoms with Gasteiger partial charge in [-0.25, -0.2) is 4.79 Å². The van der Waals surface area contributed by atoms with E-state index in [2.05, 4.69) is 6.07 Å². The molecule has 1 heterocycles. The SMILES string of the molecule is NC(=O)N1CCC[C@H](C(=O)Oc2cccc3c2CCCC3)C1. The van der Waals surface area contributed by atoms with Gasteiger partial charge in [-0.2, -0.15) is 0 Å². The van der Waals surface area contributed by atoms with E-state index in [1.807, 2.05) is 12.1 Å². The maximum atomic E-state index is 12.4. The maximum Gasteiger partial charge on any atom is 0.316 e. The molecule has 0 saturated carbocycles. The first-order valence-electron chi connectivity index (χ1n) is 8.02. The van der Waals surface area contributed by atoms with Gasteiger partial charge in [0.25, 0.3) is 0 Å². The monoisotopic (exact) mass is 302 g/mol. The number of nitrogens with zero attached hydrogens (tertiary/aromatic N) is 1. The largest absolute Gasteiger partial charge is 0.426 e. The van der Waals surface area contributed by atoms with Crippen LogP contribution in [0.15, 0.2) is 18.2 Å². The zero-order chi connectivity index (χ0) is 15.5. The van der Waals surface area contributed by atoms with Crippen LogP contribution in [0.25, 0.3) is 0 Å². The maximum absolute atomic E-state index is 12.4. The van der Waals surface area contributed by atoms with Gasteiger partial charge in [0.15, 0.2) is 0 Å². The molecule has 0 unspecified atom stereocenters. The lowest BCUT2D eigenvalue weighted by atomic mass is 9.91. The average molecular weight is 302 g/mol. The Bertz CT molecular complexity index is 585. The second-order valence-corrected chi connectivity index (χ2v) is 6.15. The number of rotatable bonds is 2. The molecule has 1 aliphatic heterocycles. The summed E-state index contributed by atoms with van der Waals surface area (Å²) in [7, 11) is 0. The van der Waals surface area contributed by atoms with Gasteiger partial charge in [0.2, 0.25) is 0 Å². The Morgan fingerprint density at radius 1 is 1.18 bits per heavy atom. The van der Waals surface area contributed by atoms with Crippen LogP contribution in [0.5, 0.6) is 5.75 Å². The molecule has 22 heavy (non-hydrogen) atoms. The highest BCUT2D eigenvalue weighted by molar-refractivity contribution is 5.78. The van der Waals surface area contributed by atoms with Crippen molar-refractivity contribution in [3.05, 3.63) is 29.3 Å². The third kappa shape index (κ3) is 3.08. The van der Waals surface area contributed by atoms with E-state index in [0.717, 1.165) is 32.1 Å². The molecule has 2 N–H and O–H groups in total. The topological polar surface area (TPSA) is 72.6 Å². The smallest absolute Gasteiger partial charge is 0.316 e. The molecule has 118 valence electrons. The minimum atomic E-state index is -0.463. The number of primary amides is 1. The van der Waals surface area contributed by atoms with Crippen LogP contribution in [0, 0.1) is 5.92 Å². The molecule has 0 bridgehead atoms. The van der Waals surface area contributed by atoms with Gasteiger partial charge in [0.1, 0.15) is 5.75 Å². The zero-order valence-corrected chi connectivity index (χ0v) is 12.7. The standard InChI is InChI=1S/C17H22N2O3/c18-17(21)19-10-4-7-13(11-19)16(20)22-15-9-3-6-12-5-1-2-8-14(12)15/h3,6,9,13H,1-2,4-5,7-8,10-11H2,(H2,18,21)/t13-/m0/s1. The molecule has 5 nitrogen and oxygen atoms in total. The number of ether oxygens (including phenoxy) is 1. The second kappa shape index (κ2) is 6.38. The molecule has 1 atom stereocenters. The number of hydrogen-bond donors (Lipinski definition) is 1. The number of piperidine rings is 1. The summed E-state index contributed by atoms with van der Waals surface area (Å²) in [5, 5.41) is 0. The highest BCUT2D eigenvalue weighted by atomic mass is 16.5. The first-order chi connectivity index (χ1) is 10.6. The van der Waals surface area contributed by atoms with E-state index in [9.17, 15) is 9.59 Å². The fourth-order valence-corrected chi connectivity index (χ4v) is 3.40. The summed E-state index contributed by atoms with van der Waals surface area (Å²) in [6.07, 6.45) is 5.89. The van der Waals surface area contributed by atoms with Gasteiger partial charge in [0, 0.05) is 13.1 Å². The van der Waals surface area contributed by atoms with E-state index in [1.165, 1.54) is 22.4 Å². The number of nitrogens with two attached hydrogens (primary N) is 1. The number of esters is 1. The Kier molecular flexibility index (Phi) is 4.32. The Morgan fingerprint density at radius 2 is 2.00 bits per heavy atom. The third-order valence-corrected chi connectivity index (χ3v) is 4.63. The van der Waals surface area contributed by atoms with E-state index >= 15 is 0 Å². The highest BCUT2D eigenvalue weighted by Crippen LogP contribution is 2.30. The quantitative estimate of drug-likeness (QED) is 0.673. The van der Waals surface area contributed by atoms with Crippen molar-refractivity contribution in [2.45, 2.75) is 38.5 Å². The summed E-state index contributed by atoms with van der Waals surface area (Å²) >= 11 is 0. The highest BCUT2D eigenvalue weighted by Gasteiger charge is 2.29. The number of aryl methyl sites for hydroxylation is 1. The molecular formula is C17H22N2O3. The Labute approximate surface area is 130 Å². The predicted octanol–water partition coefficient (Wildman–Crippen LogP) is 2.26. The molecule has 2 amide bonds. The van der Waals surface area contributed by atoms with Crippen molar-refractivity contribution in [1.82, 2.24) is 4.90 Å². The number of fused-ring (bicyclic) bond motifs is 1. The van der Waals surface area contributed by atoms with Crippen molar-refractivity contribution in [3.63, 3.8) is 0 Å². The lowest BCUT2D eigenvalue weighted by molar-refractivity contribution is -0.140. The number of urea groups is 1. The van der Waals surface area contributed by atoms with Crippen LogP contribution in [0.2, 0.25) is 0 Å². The average Bonchev–Trinajstić information content (AvgIpc) is 2.55. The molecule has 2 aliphatic rings. The first-order valence-corrected chi connectivity index (χ1v) is 8.02. The van der Waals surface area contributed by atoms with Gasteiger partial charge < -0.3 is 15.4 Å². The molecule has 1 aromatic carbocycles. The Balaban J connectivity index is 1.70. The van der Waals surface area contributed by atoms with Crippen LogP contribution >= 0.6 is 0 Å². The molecule has 1 saturated heterocycles. The summed E-state index contributed by atoms with van der Waals surface area (Å²) in [5.74, 6) is 0.170. The first kappa shape index (κ1) is 14.9. The summed E-state index contributed by atoms with van der Waals surface area (Å²) < 4.78 is 5.66. The fourth-order valence-electron chi connectivity index (χ4n) is 3.40. The van der Waals surface area contributed by atoms with Gasteiger partial charge in [-0.3, -0.25) is 4.79 Å². The summed E-state index contributed by atoms with van der Waals surface area (Å²) in [6.45, 7) is 0.989. The number of carbonyl (C=O) groups is 2. The lowest BCUT2D eigenvalue weighted by Crippen LogP contribution is -2.45. The van der Waals surface area contributed by atoms with Crippen molar-refractivity contribution in [2.75, 3.05) is 13.1 Å². The van der Waals surface area contributed by atoms with E-state index in [4.69, 9.17) is 10.5 Å². The van der Waals surface area contributed by atoms with Crippen LogP contribution in [-0.2, 0) is 17.6 Å². The van der Waals surface area contributed by atoms with Crippen LogP contribution in [-0.4, -0.2) is 30.0 Å². The van der Waals surface area contributed by atoms with E-state index in [1.54, 1.807) is 0 Å². The van der Waals surface area contributed by atoms with Crippen molar-refractivity contribution in [2.24, 2.45) is 11.7 Å². The van der Waals surface area contributed by atoms with Crippen molar-refractivity contribution in [1.29, 1.82) is 0 Å². The molecular weight excluding hydrogens is 280 g/mol. The van der Waals surface area contributed by atoms with E-state index < -0.39 is 6.03 Å². The van der Waals surface area contributed by atoms with E-state index in [-0.39, 0.29) is 11.9 Å². The van der Waals surface area contributed by atoms with E-state index in [0.29, 0.717) is 18.8 Å². The number of amides is 2. The zero-order valence-electron chi connectivity index (χ0n) is 12.7. The van der Waals surface area contributed by atoms with Crippen LogP contribution in [0.3, 0.4) is 0 Å². The van der Waals surface area contributed by atoms with Crippen LogP contribution < -0.4 is 10.5 Å². The summed E-state index contributed by atoms with van der Waals surface area (Å²) in [4.78, 5) is 25.2. The molecule has 1 aliphatic carbocycles.